The molecule has 9 nitrogen and oxygen atoms in total. The summed E-state index contributed by atoms with van der Waals surface area (Å²) in [7, 11) is 1.12. The molecule has 56 heavy (non-hydrogen) atoms. The lowest BCUT2D eigenvalue weighted by atomic mass is 10.1. The number of carbonyl (C=O) groups excluding carboxylic acids is 2. The molecule has 324 valence electrons. The number of rotatable bonds is 39. The van der Waals surface area contributed by atoms with E-state index in [4.69, 9.17) is 18.5 Å². The molecule has 0 bridgehead atoms. The first-order valence-electron chi connectivity index (χ1n) is 22.0. The fourth-order valence-corrected chi connectivity index (χ4v) is 6.25. The smallest absolute Gasteiger partial charge is 0.306 e. The number of nitrogens with zero attached hydrogens (tertiary/aromatic N) is 1. The lowest BCUT2D eigenvalue weighted by molar-refractivity contribution is -0.870. The zero-order valence-corrected chi connectivity index (χ0v) is 37.2. The Balaban J connectivity index is 4.49. The molecule has 0 heterocycles. The fourth-order valence-electron chi connectivity index (χ4n) is 5.52. The van der Waals surface area contributed by atoms with Crippen LogP contribution in [0, 0.1) is 0 Å². The molecule has 0 aromatic rings. The summed E-state index contributed by atoms with van der Waals surface area (Å²) >= 11 is 0. The second kappa shape index (κ2) is 38.2. The Morgan fingerprint density at radius 1 is 0.554 bits per heavy atom. The van der Waals surface area contributed by atoms with Gasteiger partial charge in [0.1, 0.15) is 19.8 Å². The maximum atomic E-state index is 12.6. The highest BCUT2D eigenvalue weighted by Crippen LogP contribution is 2.38. The number of allylic oxidation sites excluding steroid dienone is 10. The molecule has 0 aromatic carbocycles. The summed E-state index contributed by atoms with van der Waals surface area (Å²) in [5.41, 5.74) is 0. The van der Waals surface area contributed by atoms with Gasteiger partial charge in [-0.2, -0.15) is 0 Å². The van der Waals surface area contributed by atoms with Gasteiger partial charge in [0, 0.05) is 12.8 Å². The fraction of sp³-hybridized carbons (Fsp3) is 0.739. The van der Waals surface area contributed by atoms with Crippen molar-refractivity contribution < 1.29 is 42.1 Å². The molecular weight excluding hydrogens is 725 g/mol. The Morgan fingerprint density at radius 3 is 1.54 bits per heavy atom. The van der Waals surface area contributed by atoms with Crippen LogP contribution in [0.2, 0.25) is 0 Å². The number of quaternary nitrogens is 1. The first-order valence-corrected chi connectivity index (χ1v) is 23.5. The monoisotopic (exact) mass is 808 g/mol. The van der Waals surface area contributed by atoms with E-state index in [0.29, 0.717) is 30.3 Å². The summed E-state index contributed by atoms with van der Waals surface area (Å²) < 4.78 is 33.8. The molecule has 10 heteroatoms. The van der Waals surface area contributed by atoms with Gasteiger partial charge in [-0.15, -0.1) is 0 Å². The van der Waals surface area contributed by atoms with Gasteiger partial charge >= 0.3 is 11.9 Å². The van der Waals surface area contributed by atoms with Gasteiger partial charge < -0.3 is 27.9 Å². The largest absolute Gasteiger partial charge is 0.756 e. The van der Waals surface area contributed by atoms with Crippen LogP contribution in [-0.2, 0) is 32.7 Å². The topological polar surface area (TPSA) is 111 Å². The molecule has 0 radical (unpaired) electrons. The predicted molar refractivity (Wildman–Crippen MR) is 231 cm³/mol. The van der Waals surface area contributed by atoms with Crippen molar-refractivity contribution in [2.24, 2.45) is 0 Å². The standard InChI is InChI=1S/C46H82NO8P/c1-6-8-10-12-14-16-18-20-22-23-25-27-29-31-33-35-37-39-46(49)55-44(43-54-56(50,51)53-41-40-47(3,4)5)42-52-45(48)38-36-34-32-30-28-26-24-21-19-17-15-13-11-9-7-2/h14,16,20-22,24-25,27,31,33,44H,6-13,15,17-19,23,26,28-30,32,34-43H2,1-5H3/b16-14-,22-20-,24-21-,27-25-,33-31-/t44-/m1/s1. The van der Waals surface area contributed by atoms with Gasteiger partial charge in [0.2, 0.25) is 0 Å². The molecule has 0 aromatic heterocycles. The number of ether oxygens (including phenoxy) is 2. The highest BCUT2D eigenvalue weighted by Gasteiger charge is 2.21. The van der Waals surface area contributed by atoms with E-state index in [1.165, 1.54) is 70.6 Å². The van der Waals surface area contributed by atoms with Gasteiger partial charge in [0.05, 0.1) is 27.7 Å². The Labute approximate surface area is 343 Å². The Hall–Kier alpha value is -2.29. The molecule has 1 unspecified atom stereocenters. The quantitative estimate of drug-likeness (QED) is 0.0198. The molecule has 0 aliphatic carbocycles. The molecule has 2 atom stereocenters. The van der Waals surface area contributed by atoms with Gasteiger partial charge in [-0.05, 0) is 77.0 Å². The van der Waals surface area contributed by atoms with Crippen molar-refractivity contribution in [3.63, 3.8) is 0 Å². The molecule has 0 N–H and O–H groups in total. The maximum Gasteiger partial charge on any atom is 0.306 e. The van der Waals surface area contributed by atoms with E-state index in [-0.39, 0.29) is 26.1 Å². The first kappa shape index (κ1) is 53.7. The summed E-state index contributed by atoms with van der Waals surface area (Å²) in [4.78, 5) is 37.5. The molecular formula is C46H82NO8P. The van der Waals surface area contributed by atoms with Crippen LogP contribution in [0.25, 0.3) is 0 Å². The van der Waals surface area contributed by atoms with Crippen LogP contribution in [0.15, 0.2) is 60.8 Å². The van der Waals surface area contributed by atoms with Gasteiger partial charge in [-0.25, -0.2) is 0 Å². The molecule has 0 aliphatic heterocycles. The van der Waals surface area contributed by atoms with E-state index in [0.717, 1.165) is 51.4 Å². The highest BCUT2D eigenvalue weighted by molar-refractivity contribution is 7.45. The van der Waals surface area contributed by atoms with Gasteiger partial charge in [-0.3, -0.25) is 14.2 Å². The number of hydrogen-bond donors (Lipinski definition) is 0. The zero-order valence-electron chi connectivity index (χ0n) is 36.3. The van der Waals surface area contributed by atoms with E-state index < -0.39 is 32.5 Å². The zero-order chi connectivity index (χ0) is 41.4. The van der Waals surface area contributed by atoms with Crippen LogP contribution in [0.1, 0.15) is 168 Å². The minimum absolute atomic E-state index is 0.0445. The normalized spacial score (nSPS) is 14.2. The third-order valence-corrected chi connectivity index (χ3v) is 9.97. The third-order valence-electron chi connectivity index (χ3n) is 9.01. The SMILES string of the molecule is CCCCC/C=C\C/C=C\C/C=C\C/C=C\CCCC(=O)O[C@H](COC(=O)CCCCCCC/C=C\CCCCCCCC)COP(=O)([O-])OCC[N+](C)(C)C. The van der Waals surface area contributed by atoms with E-state index >= 15 is 0 Å². The number of esters is 2. The van der Waals surface area contributed by atoms with Crippen molar-refractivity contribution in [3.8, 4) is 0 Å². The summed E-state index contributed by atoms with van der Waals surface area (Å²) in [5.74, 6) is -0.914. The van der Waals surface area contributed by atoms with Gasteiger partial charge in [0.15, 0.2) is 6.10 Å². The molecule has 0 saturated carbocycles. The number of unbranched alkanes of at least 4 members (excludes halogenated alkanes) is 15. The Morgan fingerprint density at radius 2 is 0.982 bits per heavy atom. The second-order valence-electron chi connectivity index (χ2n) is 15.7. The minimum Gasteiger partial charge on any atom is -0.756 e. The predicted octanol–water partition coefficient (Wildman–Crippen LogP) is 11.8. The minimum atomic E-state index is -4.64. The summed E-state index contributed by atoms with van der Waals surface area (Å²) in [5, 5.41) is 0. The van der Waals surface area contributed by atoms with Crippen LogP contribution < -0.4 is 4.89 Å². The summed E-state index contributed by atoms with van der Waals surface area (Å²) in [6.07, 6.45) is 45.4. The van der Waals surface area contributed by atoms with Gasteiger partial charge in [0.25, 0.3) is 7.82 Å². The molecule has 0 aliphatic rings. The summed E-state index contributed by atoms with van der Waals surface area (Å²) in [6, 6.07) is 0. The number of carbonyl (C=O) groups is 2. The average molecular weight is 808 g/mol. The van der Waals surface area contributed by atoms with Crippen molar-refractivity contribution in [1.29, 1.82) is 0 Å². The maximum absolute atomic E-state index is 12.6. The van der Waals surface area contributed by atoms with Crippen LogP contribution in [0.4, 0.5) is 0 Å². The second-order valence-corrected chi connectivity index (χ2v) is 17.1. The van der Waals surface area contributed by atoms with Crippen molar-refractivity contribution in [2.75, 3.05) is 47.5 Å². The number of likely N-dealkylation sites (N-methyl/N-ethyl adjacent to an activating group) is 1. The number of phosphoric ester groups is 1. The molecule has 0 fully saturated rings. The lowest BCUT2D eigenvalue weighted by Gasteiger charge is -2.28. The molecule has 0 saturated heterocycles. The van der Waals surface area contributed by atoms with E-state index in [9.17, 15) is 19.0 Å². The number of hydrogen-bond acceptors (Lipinski definition) is 8. The first-order chi connectivity index (χ1) is 27.0. The molecule has 0 amide bonds. The van der Waals surface area contributed by atoms with Crippen molar-refractivity contribution in [1.82, 2.24) is 0 Å². The highest BCUT2D eigenvalue weighted by atomic mass is 31.2. The van der Waals surface area contributed by atoms with Crippen molar-refractivity contribution in [3.05, 3.63) is 60.8 Å². The van der Waals surface area contributed by atoms with Crippen molar-refractivity contribution >= 4 is 19.8 Å². The lowest BCUT2D eigenvalue weighted by Crippen LogP contribution is -2.37. The van der Waals surface area contributed by atoms with Crippen LogP contribution in [-0.4, -0.2) is 70.0 Å². The third kappa shape index (κ3) is 41.3. The van der Waals surface area contributed by atoms with Crippen LogP contribution >= 0.6 is 7.82 Å². The summed E-state index contributed by atoms with van der Waals surface area (Å²) in [6.45, 7) is 4.11. The van der Waals surface area contributed by atoms with E-state index in [1.54, 1.807) is 0 Å². The molecule has 0 rings (SSSR count). The molecule has 0 spiro atoms. The van der Waals surface area contributed by atoms with E-state index in [1.807, 2.05) is 27.2 Å². The van der Waals surface area contributed by atoms with Gasteiger partial charge in [-0.1, -0.05) is 139 Å². The Bertz CT molecular complexity index is 1140. The van der Waals surface area contributed by atoms with Crippen molar-refractivity contribution in [2.45, 2.75) is 174 Å². The average Bonchev–Trinajstić information content (AvgIpc) is 3.15. The number of phosphoric acid groups is 1. The Kier molecular flexibility index (Phi) is 36.7. The van der Waals surface area contributed by atoms with Crippen LogP contribution in [0.3, 0.4) is 0 Å². The van der Waals surface area contributed by atoms with E-state index in [2.05, 4.69) is 68.5 Å². The van der Waals surface area contributed by atoms with Crippen LogP contribution in [0.5, 0.6) is 0 Å².